The van der Waals surface area contributed by atoms with Gasteiger partial charge in [0, 0.05) is 25.7 Å². The highest BCUT2D eigenvalue weighted by Crippen LogP contribution is 2.40. The number of nitrogens with one attached hydrogen (secondary N) is 2. The van der Waals surface area contributed by atoms with E-state index in [1.807, 2.05) is 0 Å². The van der Waals surface area contributed by atoms with Gasteiger partial charge in [-0.3, -0.25) is 9.36 Å². The van der Waals surface area contributed by atoms with Crippen molar-refractivity contribution in [1.82, 2.24) is 14.5 Å². The summed E-state index contributed by atoms with van der Waals surface area (Å²) in [5.74, 6) is -0.205. The number of aromatic nitrogens is 3. The molecule has 5 rings (SSSR count). The van der Waals surface area contributed by atoms with Gasteiger partial charge in [-0.15, -0.1) is 0 Å². The van der Waals surface area contributed by atoms with Gasteiger partial charge < -0.3 is 30.0 Å². The van der Waals surface area contributed by atoms with E-state index in [1.54, 1.807) is 24.3 Å². The second kappa shape index (κ2) is 10.6. The summed E-state index contributed by atoms with van der Waals surface area (Å²) in [7, 11) is 2.80. The molecule has 0 radical (unpaired) electrons. The molecule has 3 aromatic rings. The number of pyridine rings is 1. The average Bonchev–Trinajstić information content (AvgIpc) is 3.69. The van der Waals surface area contributed by atoms with Gasteiger partial charge in [0.15, 0.2) is 23.5 Å². The Kier molecular flexibility index (Phi) is 7.22. The Hall–Kier alpha value is -3.35. The van der Waals surface area contributed by atoms with Gasteiger partial charge in [-0.1, -0.05) is 12.1 Å². The molecule has 0 spiro atoms. The molecule has 37 heavy (non-hydrogen) atoms. The molecule has 2 atom stereocenters. The molecule has 198 valence electrons. The van der Waals surface area contributed by atoms with E-state index in [0.717, 1.165) is 25.7 Å². The zero-order valence-electron chi connectivity index (χ0n) is 20.5. The highest BCUT2D eigenvalue weighted by molar-refractivity contribution is 5.97. The van der Waals surface area contributed by atoms with Gasteiger partial charge in [-0.05, 0) is 38.2 Å². The summed E-state index contributed by atoms with van der Waals surface area (Å²) < 4.78 is 46.1. The molecule has 2 fully saturated rings. The topological polar surface area (TPSA) is 120 Å². The molecule has 12 heteroatoms. The van der Waals surface area contributed by atoms with Crippen LogP contribution < -0.4 is 15.4 Å². The molecular formula is C25H29F2N5O5. The lowest BCUT2D eigenvalue weighted by Crippen LogP contribution is -2.21. The molecule has 1 saturated heterocycles. The Labute approximate surface area is 211 Å². The van der Waals surface area contributed by atoms with Crippen molar-refractivity contribution in [2.45, 2.75) is 51.0 Å². The van der Waals surface area contributed by atoms with Crippen LogP contribution in [0.1, 0.15) is 62.4 Å². The van der Waals surface area contributed by atoms with Gasteiger partial charge in [0.1, 0.15) is 17.6 Å². The van der Waals surface area contributed by atoms with Crippen molar-refractivity contribution in [3.05, 3.63) is 35.7 Å². The minimum atomic E-state index is -2.87. The molecule has 1 aromatic carbocycles. The Morgan fingerprint density at radius 1 is 1.19 bits per heavy atom. The maximum Gasteiger partial charge on any atom is 0.295 e. The Morgan fingerprint density at radius 2 is 2.00 bits per heavy atom. The number of fused-ring (bicyclic) bond motifs is 1. The molecule has 1 amide bonds. The quantitative estimate of drug-likeness (QED) is 0.346. The number of amides is 1. The molecule has 2 aliphatic rings. The largest absolute Gasteiger partial charge is 0.494 e. The number of imidazole rings is 1. The highest BCUT2D eigenvalue weighted by Gasteiger charge is 2.32. The van der Waals surface area contributed by atoms with E-state index >= 15 is 0 Å². The Balaban J connectivity index is 1.65. The number of aliphatic hydroxyl groups excluding tert-OH is 1. The van der Waals surface area contributed by atoms with Crippen LogP contribution in [-0.4, -0.2) is 46.4 Å². The van der Waals surface area contributed by atoms with Crippen molar-refractivity contribution in [3.63, 3.8) is 0 Å². The molecule has 10 nitrogen and oxygen atoms in total. The summed E-state index contributed by atoms with van der Waals surface area (Å²) in [6.45, 7) is 0.446. The third kappa shape index (κ3) is 5.09. The smallest absolute Gasteiger partial charge is 0.295 e. The summed E-state index contributed by atoms with van der Waals surface area (Å²) in [4.78, 5) is 21.3. The number of para-hydroxylation sites is 1. The Morgan fingerprint density at radius 3 is 2.65 bits per heavy atom. The van der Waals surface area contributed by atoms with E-state index in [-0.39, 0.29) is 28.8 Å². The zero-order valence-corrected chi connectivity index (χ0v) is 20.5. The van der Waals surface area contributed by atoms with Crippen molar-refractivity contribution in [2.24, 2.45) is 5.92 Å². The van der Waals surface area contributed by atoms with Crippen molar-refractivity contribution in [3.8, 4) is 5.75 Å². The van der Waals surface area contributed by atoms with E-state index < -0.39 is 24.8 Å². The number of ether oxygens (including phenoxy) is 3. The van der Waals surface area contributed by atoms with E-state index in [2.05, 4.69) is 20.6 Å². The molecule has 2 aromatic heterocycles. The first-order chi connectivity index (χ1) is 17.9. The molecule has 1 aliphatic carbocycles. The van der Waals surface area contributed by atoms with Gasteiger partial charge in [-0.25, -0.2) is 18.7 Å². The van der Waals surface area contributed by atoms with Gasteiger partial charge in [0.05, 0.1) is 24.0 Å². The second-order valence-electron chi connectivity index (χ2n) is 9.09. The van der Waals surface area contributed by atoms with Crippen LogP contribution in [0.25, 0.3) is 11.2 Å². The number of alkyl halides is 2. The van der Waals surface area contributed by atoms with E-state index in [1.165, 1.54) is 18.8 Å². The SMILES string of the molecule is COc1c(Nc2cc(NC(=O)C3CC3)nc3c2nc(C(F)F)n3C2CCCCO2)cccc1C(O)OC. The summed E-state index contributed by atoms with van der Waals surface area (Å²) in [6, 6.07) is 6.59. The van der Waals surface area contributed by atoms with Crippen LogP contribution in [0.15, 0.2) is 24.3 Å². The van der Waals surface area contributed by atoms with Gasteiger partial charge in [0.25, 0.3) is 6.43 Å². The number of methoxy groups -OCH3 is 2. The average molecular weight is 518 g/mol. The Bertz CT molecular complexity index is 1290. The number of aliphatic hydroxyl groups is 1. The van der Waals surface area contributed by atoms with Gasteiger partial charge >= 0.3 is 0 Å². The van der Waals surface area contributed by atoms with E-state index in [0.29, 0.717) is 35.7 Å². The fourth-order valence-corrected chi connectivity index (χ4v) is 4.53. The van der Waals surface area contributed by atoms with Crippen LogP contribution in [0.2, 0.25) is 0 Å². The number of rotatable bonds is 9. The number of benzene rings is 1. The lowest BCUT2D eigenvalue weighted by Gasteiger charge is -2.25. The normalized spacial score (nSPS) is 18.7. The van der Waals surface area contributed by atoms with Crippen LogP contribution in [0.4, 0.5) is 26.0 Å². The first-order valence-electron chi connectivity index (χ1n) is 12.2. The number of carbonyl (C=O) groups is 1. The third-order valence-electron chi connectivity index (χ3n) is 6.52. The maximum absolute atomic E-state index is 14.2. The molecule has 1 aliphatic heterocycles. The van der Waals surface area contributed by atoms with Crippen molar-refractivity contribution < 1.29 is 32.9 Å². The molecular weight excluding hydrogens is 488 g/mol. The fraction of sp³-hybridized carbons (Fsp3) is 0.480. The first kappa shape index (κ1) is 25.3. The minimum absolute atomic E-state index is 0.0792. The highest BCUT2D eigenvalue weighted by atomic mass is 19.3. The molecule has 2 unspecified atom stereocenters. The summed E-state index contributed by atoms with van der Waals surface area (Å²) in [6.07, 6.45) is -0.946. The number of nitrogens with zero attached hydrogens (tertiary/aromatic N) is 3. The fourth-order valence-electron chi connectivity index (χ4n) is 4.53. The molecule has 0 bridgehead atoms. The number of anilines is 3. The van der Waals surface area contributed by atoms with Crippen molar-refractivity contribution >= 4 is 34.3 Å². The van der Waals surface area contributed by atoms with Crippen LogP contribution in [0.3, 0.4) is 0 Å². The van der Waals surface area contributed by atoms with Crippen LogP contribution in [0, 0.1) is 5.92 Å². The molecule has 3 N–H and O–H groups in total. The van der Waals surface area contributed by atoms with Crippen molar-refractivity contribution in [1.29, 1.82) is 0 Å². The van der Waals surface area contributed by atoms with Crippen LogP contribution in [0.5, 0.6) is 5.75 Å². The summed E-state index contributed by atoms with van der Waals surface area (Å²) in [5, 5.41) is 16.2. The monoisotopic (exact) mass is 517 g/mol. The predicted octanol–water partition coefficient (Wildman–Crippen LogP) is 4.81. The second-order valence-corrected chi connectivity index (χ2v) is 9.09. The van der Waals surface area contributed by atoms with E-state index in [4.69, 9.17) is 14.2 Å². The summed E-state index contributed by atoms with van der Waals surface area (Å²) >= 11 is 0. The minimum Gasteiger partial charge on any atom is -0.494 e. The van der Waals surface area contributed by atoms with Crippen LogP contribution in [-0.2, 0) is 14.3 Å². The van der Waals surface area contributed by atoms with Gasteiger partial charge in [0.2, 0.25) is 5.91 Å². The maximum atomic E-state index is 14.2. The van der Waals surface area contributed by atoms with Crippen molar-refractivity contribution in [2.75, 3.05) is 31.5 Å². The lowest BCUT2D eigenvalue weighted by molar-refractivity contribution is -0.117. The van der Waals surface area contributed by atoms with Gasteiger partial charge in [-0.2, -0.15) is 0 Å². The first-order valence-corrected chi connectivity index (χ1v) is 12.2. The lowest BCUT2D eigenvalue weighted by atomic mass is 10.1. The third-order valence-corrected chi connectivity index (χ3v) is 6.52. The number of carbonyl (C=O) groups excluding carboxylic acids is 1. The molecule has 3 heterocycles. The summed E-state index contributed by atoms with van der Waals surface area (Å²) in [5.41, 5.74) is 1.50. The van der Waals surface area contributed by atoms with E-state index in [9.17, 15) is 18.7 Å². The number of halogens is 2. The standard InChI is InChI=1S/C25H29F2N5O5/c1-35-20-14(25(34)36-2)6-5-7-15(20)28-16-12-17(30-24(33)13-9-10-13)29-22-19(16)31-23(21(26)27)32(22)18-8-3-4-11-37-18/h5-7,12-13,18,21,25,34H,3-4,8-11H2,1-2H3,(H2,28,29,30,33). The zero-order chi connectivity index (χ0) is 26.1. The predicted molar refractivity (Wildman–Crippen MR) is 131 cm³/mol. The van der Waals surface area contributed by atoms with Crippen LogP contribution >= 0.6 is 0 Å². The molecule has 1 saturated carbocycles. The number of hydrogen-bond acceptors (Lipinski definition) is 8. The number of hydrogen-bond donors (Lipinski definition) is 3.